The molecule has 1 aliphatic rings. The van der Waals surface area contributed by atoms with Crippen LogP contribution in [-0.2, 0) is 10.0 Å². The van der Waals surface area contributed by atoms with Gasteiger partial charge in [-0.05, 0) is 26.0 Å². The van der Waals surface area contributed by atoms with Gasteiger partial charge in [0.25, 0.3) is 10.0 Å². The first-order chi connectivity index (χ1) is 9.96. The molecule has 114 valence electrons. The molecule has 0 amide bonds. The van der Waals surface area contributed by atoms with Crippen LogP contribution < -0.4 is 4.90 Å². The molecule has 3 rings (SSSR count). The standard InChI is InChI=1S/C13H17N3O3S2/c1-10-9-12(14-19-10)15-5-7-16(8-6-15)21(17,18)13-4-3-11(2)20-13/h3-4,9H,5-8H2,1-2H3. The highest BCUT2D eigenvalue weighted by Crippen LogP contribution is 2.26. The lowest BCUT2D eigenvalue weighted by Gasteiger charge is -2.33. The molecule has 0 spiro atoms. The van der Waals surface area contributed by atoms with E-state index >= 15 is 0 Å². The summed E-state index contributed by atoms with van der Waals surface area (Å²) in [6, 6.07) is 5.39. The molecule has 0 bridgehead atoms. The van der Waals surface area contributed by atoms with Gasteiger partial charge in [0.05, 0.1) is 0 Å². The van der Waals surface area contributed by atoms with E-state index in [-0.39, 0.29) is 0 Å². The largest absolute Gasteiger partial charge is 0.360 e. The van der Waals surface area contributed by atoms with E-state index in [4.69, 9.17) is 4.52 Å². The zero-order valence-electron chi connectivity index (χ0n) is 11.9. The van der Waals surface area contributed by atoms with Gasteiger partial charge in [0.15, 0.2) is 5.82 Å². The normalized spacial score (nSPS) is 17.3. The first-order valence-corrected chi connectivity index (χ1v) is 8.97. The first kappa shape index (κ1) is 14.6. The molecule has 0 aromatic carbocycles. The number of aryl methyl sites for hydroxylation is 2. The summed E-state index contributed by atoms with van der Waals surface area (Å²) in [4.78, 5) is 3.05. The number of hydrogen-bond donors (Lipinski definition) is 0. The number of nitrogens with zero attached hydrogens (tertiary/aromatic N) is 3. The summed E-state index contributed by atoms with van der Waals surface area (Å²) in [7, 11) is -3.36. The van der Waals surface area contributed by atoms with Gasteiger partial charge in [-0.25, -0.2) is 8.42 Å². The zero-order valence-corrected chi connectivity index (χ0v) is 13.6. The Morgan fingerprint density at radius 2 is 1.90 bits per heavy atom. The van der Waals surface area contributed by atoms with Crippen LogP contribution in [0.5, 0.6) is 0 Å². The van der Waals surface area contributed by atoms with Crippen molar-refractivity contribution < 1.29 is 12.9 Å². The summed E-state index contributed by atoms with van der Waals surface area (Å²) in [6.45, 7) is 5.92. The minimum absolute atomic E-state index is 0.422. The highest BCUT2D eigenvalue weighted by Gasteiger charge is 2.30. The monoisotopic (exact) mass is 327 g/mol. The van der Waals surface area contributed by atoms with Gasteiger partial charge in [-0.15, -0.1) is 11.3 Å². The third kappa shape index (κ3) is 2.83. The molecule has 6 nitrogen and oxygen atoms in total. The molecule has 0 aliphatic carbocycles. The summed E-state index contributed by atoms with van der Waals surface area (Å²) < 4.78 is 32.1. The van der Waals surface area contributed by atoms with Crippen LogP contribution in [0, 0.1) is 13.8 Å². The molecule has 0 unspecified atom stereocenters. The van der Waals surface area contributed by atoms with Crippen LogP contribution in [0.1, 0.15) is 10.6 Å². The maximum absolute atomic E-state index is 12.5. The average Bonchev–Trinajstić information content (AvgIpc) is 3.08. The van der Waals surface area contributed by atoms with Crippen LogP contribution in [0.15, 0.2) is 26.9 Å². The number of hydrogen-bond acceptors (Lipinski definition) is 6. The van der Waals surface area contributed by atoms with Gasteiger partial charge >= 0.3 is 0 Å². The van der Waals surface area contributed by atoms with Gasteiger partial charge < -0.3 is 9.42 Å². The molecular formula is C13H17N3O3S2. The Balaban J connectivity index is 1.71. The Labute approximate surface area is 128 Å². The lowest BCUT2D eigenvalue weighted by atomic mass is 10.3. The van der Waals surface area contributed by atoms with Crippen molar-refractivity contribution >= 4 is 27.2 Å². The smallest absolute Gasteiger partial charge is 0.252 e. The summed E-state index contributed by atoms with van der Waals surface area (Å²) in [5, 5.41) is 3.97. The molecule has 21 heavy (non-hydrogen) atoms. The summed E-state index contributed by atoms with van der Waals surface area (Å²) >= 11 is 1.32. The number of anilines is 1. The number of sulfonamides is 1. The second-order valence-electron chi connectivity index (χ2n) is 5.05. The van der Waals surface area contributed by atoms with Crippen LogP contribution in [-0.4, -0.2) is 44.1 Å². The Morgan fingerprint density at radius 1 is 1.19 bits per heavy atom. The quantitative estimate of drug-likeness (QED) is 0.861. The maximum Gasteiger partial charge on any atom is 0.252 e. The SMILES string of the molecule is Cc1cc(N2CCN(S(=O)(=O)c3ccc(C)s3)CC2)no1. The molecule has 0 saturated carbocycles. The van der Waals surface area contributed by atoms with Crippen molar-refractivity contribution in [2.24, 2.45) is 0 Å². The fourth-order valence-corrected chi connectivity index (χ4v) is 5.20. The number of rotatable bonds is 3. The molecule has 2 aromatic heterocycles. The molecule has 8 heteroatoms. The van der Waals surface area contributed by atoms with E-state index in [9.17, 15) is 8.42 Å². The molecule has 0 radical (unpaired) electrons. The number of piperazine rings is 1. The highest BCUT2D eigenvalue weighted by molar-refractivity contribution is 7.91. The molecule has 0 atom stereocenters. The summed E-state index contributed by atoms with van der Waals surface area (Å²) in [5.41, 5.74) is 0. The van der Waals surface area contributed by atoms with Gasteiger partial charge in [-0.3, -0.25) is 0 Å². The predicted molar refractivity (Wildman–Crippen MR) is 81.3 cm³/mol. The van der Waals surface area contributed by atoms with E-state index < -0.39 is 10.0 Å². The molecular weight excluding hydrogens is 310 g/mol. The second kappa shape index (κ2) is 5.43. The zero-order chi connectivity index (χ0) is 15.0. The summed E-state index contributed by atoms with van der Waals surface area (Å²) in [6.07, 6.45) is 0. The maximum atomic E-state index is 12.5. The van der Waals surface area contributed by atoms with Crippen molar-refractivity contribution in [3.63, 3.8) is 0 Å². The Hall–Kier alpha value is -1.38. The third-order valence-electron chi connectivity index (χ3n) is 3.49. The van der Waals surface area contributed by atoms with E-state index in [2.05, 4.69) is 5.16 Å². The number of thiophene rings is 1. The molecule has 1 saturated heterocycles. The van der Waals surface area contributed by atoms with Crippen LogP contribution in [0.3, 0.4) is 0 Å². The topological polar surface area (TPSA) is 66.7 Å². The molecule has 3 heterocycles. The van der Waals surface area contributed by atoms with Gasteiger partial charge in [0.2, 0.25) is 0 Å². The number of aromatic nitrogens is 1. The van der Waals surface area contributed by atoms with E-state index in [1.165, 1.54) is 11.3 Å². The van der Waals surface area contributed by atoms with E-state index in [0.29, 0.717) is 30.4 Å². The molecule has 2 aromatic rings. The van der Waals surface area contributed by atoms with Gasteiger partial charge in [0, 0.05) is 37.1 Å². The van der Waals surface area contributed by atoms with Crippen LogP contribution in [0.2, 0.25) is 0 Å². The van der Waals surface area contributed by atoms with E-state index in [1.807, 2.05) is 30.9 Å². The van der Waals surface area contributed by atoms with Crippen LogP contribution >= 0.6 is 11.3 Å². The summed E-state index contributed by atoms with van der Waals surface area (Å²) in [5.74, 6) is 1.53. The Kier molecular flexibility index (Phi) is 3.76. The third-order valence-corrected chi connectivity index (χ3v) is 6.85. The van der Waals surface area contributed by atoms with Gasteiger partial charge in [0.1, 0.15) is 9.97 Å². The van der Waals surface area contributed by atoms with E-state index in [0.717, 1.165) is 16.5 Å². The Bertz CT molecular complexity index is 727. The van der Waals surface area contributed by atoms with Crippen molar-refractivity contribution in [2.45, 2.75) is 18.1 Å². The minimum atomic E-state index is -3.36. The highest BCUT2D eigenvalue weighted by atomic mass is 32.2. The van der Waals surface area contributed by atoms with Crippen molar-refractivity contribution in [3.8, 4) is 0 Å². The predicted octanol–water partition coefficient (Wildman–Crippen LogP) is 1.86. The van der Waals surface area contributed by atoms with E-state index in [1.54, 1.807) is 10.4 Å². The molecule has 1 fully saturated rings. The molecule has 0 N–H and O–H groups in total. The lowest BCUT2D eigenvalue weighted by Crippen LogP contribution is -2.48. The molecule has 1 aliphatic heterocycles. The van der Waals surface area contributed by atoms with Gasteiger partial charge in [-0.1, -0.05) is 5.16 Å². The van der Waals surface area contributed by atoms with Crippen LogP contribution in [0.25, 0.3) is 0 Å². The second-order valence-corrected chi connectivity index (χ2v) is 8.50. The van der Waals surface area contributed by atoms with Crippen molar-refractivity contribution in [3.05, 3.63) is 28.8 Å². The van der Waals surface area contributed by atoms with Crippen molar-refractivity contribution in [1.82, 2.24) is 9.46 Å². The Morgan fingerprint density at radius 3 is 2.43 bits per heavy atom. The van der Waals surface area contributed by atoms with Crippen LogP contribution in [0.4, 0.5) is 5.82 Å². The average molecular weight is 327 g/mol. The van der Waals surface area contributed by atoms with Crippen molar-refractivity contribution in [2.75, 3.05) is 31.1 Å². The van der Waals surface area contributed by atoms with Gasteiger partial charge in [-0.2, -0.15) is 4.31 Å². The first-order valence-electron chi connectivity index (χ1n) is 6.72. The fraction of sp³-hybridized carbons (Fsp3) is 0.462. The minimum Gasteiger partial charge on any atom is -0.360 e. The lowest BCUT2D eigenvalue weighted by molar-refractivity contribution is 0.372. The fourth-order valence-electron chi connectivity index (χ4n) is 2.34. The van der Waals surface area contributed by atoms with Crippen molar-refractivity contribution in [1.29, 1.82) is 0 Å².